The summed E-state index contributed by atoms with van der Waals surface area (Å²) in [7, 11) is -3.12. The first kappa shape index (κ1) is 19.7. The molecular weight excluding hydrogens is 340 g/mol. The Morgan fingerprint density at radius 1 is 1.28 bits per heavy atom. The largest absolute Gasteiger partial charge is 0.493 e. The van der Waals surface area contributed by atoms with Gasteiger partial charge in [-0.3, -0.25) is 4.79 Å². The highest BCUT2D eigenvalue weighted by molar-refractivity contribution is 7.89. The topological polar surface area (TPSA) is 75.7 Å². The van der Waals surface area contributed by atoms with E-state index in [1.165, 1.54) is 4.31 Å². The van der Waals surface area contributed by atoms with Crippen LogP contribution in [0.4, 0.5) is 0 Å². The first-order valence-corrected chi connectivity index (χ1v) is 10.4. The molecule has 0 atom stereocenters. The fourth-order valence-electron chi connectivity index (χ4n) is 2.89. The van der Waals surface area contributed by atoms with Gasteiger partial charge < -0.3 is 10.1 Å². The smallest absolute Gasteiger partial charge is 0.223 e. The number of sulfonamides is 1. The molecule has 0 unspecified atom stereocenters. The molecule has 0 spiro atoms. The van der Waals surface area contributed by atoms with Gasteiger partial charge in [0.05, 0.1) is 18.8 Å². The summed E-state index contributed by atoms with van der Waals surface area (Å²) in [6.45, 7) is 6.96. The predicted molar refractivity (Wildman–Crippen MR) is 98.2 cm³/mol. The van der Waals surface area contributed by atoms with E-state index in [1.807, 2.05) is 32.0 Å². The van der Waals surface area contributed by atoms with Crippen LogP contribution in [0.15, 0.2) is 18.2 Å². The van der Waals surface area contributed by atoms with Gasteiger partial charge in [-0.05, 0) is 50.8 Å². The minimum absolute atomic E-state index is 0.0384. The quantitative estimate of drug-likeness (QED) is 0.799. The molecule has 0 aliphatic carbocycles. The number of hydrogen-bond acceptors (Lipinski definition) is 4. The zero-order chi connectivity index (χ0) is 18.4. The molecule has 1 aromatic carbocycles. The van der Waals surface area contributed by atoms with Gasteiger partial charge in [-0.2, -0.15) is 0 Å². The van der Waals surface area contributed by atoms with Crippen molar-refractivity contribution in [3.63, 3.8) is 0 Å². The summed E-state index contributed by atoms with van der Waals surface area (Å²) in [5, 5.41) is 2.98. The second-order valence-electron chi connectivity index (χ2n) is 6.44. The summed E-state index contributed by atoms with van der Waals surface area (Å²) in [6.07, 6.45) is 1.60. The van der Waals surface area contributed by atoms with Crippen LogP contribution in [-0.2, 0) is 14.8 Å². The van der Waals surface area contributed by atoms with Crippen molar-refractivity contribution >= 4 is 15.9 Å². The SMILES string of the molecule is CCS(=O)(=O)N1CCC(NC(=O)CCOc2cccc(C)c2C)CC1. The minimum Gasteiger partial charge on any atom is -0.493 e. The first-order valence-electron chi connectivity index (χ1n) is 8.79. The van der Waals surface area contributed by atoms with E-state index < -0.39 is 10.0 Å². The van der Waals surface area contributed by atoms with Gasteiger partial charge in [0.2, 0.25) is 15.9 Å². The molecule has 7 heteroatoms. The number of nitrogens with zero attached hydrogens (tertiary/aromatic N) is 1. The van der Waals surface area contributed by atoms with Crippen molar-refractivity contribution in [3.05, 3.63) is 29.3 Å². The lowest BCUT2D eigenvalue weighted by molar-refractivity contribution is -0.122. The lowest BCUT2D eigenvalue weighted by Crippen LogP contribution is -2.47. The third kappa shape index (κ3) is 5.44. The van der Waals surface area contributed by atoms with E-state index in [1.54, 1.807) is 6.92 Å². The molecule has 6 nitrogen and oxygen atoms in total. The van der Waals surface area contributed by atoms with Crippen molar-refractivity contribution in [2.75, 3.05) is 25.4 Å². The number of benzene rings is 1. The van der Waals surface area contributed by atoms with Crippen LogP contribution in [0.2, 0.25) is 0 Å². The molecule has 25 heavy (non-hydrogen) atoms. The van der Waals surface area contributed by atoms with Crippen LogP contribution in [0.5, 0.6) is 5.75 Å². The Hall–Kier alpha value is -1.60. The van der Waals surface area contributed by atoms with E-state index in [9.17, 15) is 13.2 Å². The Bertz CT molecular complexity index is 695. The fourth-order valence-corrected chi connectivity index (χ4v) is 4.03. The number of ether oxygens (including phenoxy) is 1. The second-order valence-corrected chi connectivity index (χ2v) is 8.70. The maximum Gasteiger partial charge on any atom is 0.223 e. The van der Waals surface area contributed by atoms with Crippen molar-refractivity contribution in [1.82, 2.24) is 9.62 Å². The number of amides is 1. The van der Waals surface area contributed by atoms with E-state index >= 15 is 0 Å². The third-order valence-corrected chi connectivity index (χ3v) is 6.60. The minimum atomic E-state index is -3.12. The highest BCUT2D eigenvalue weighted by Crippen LogP contribution is 2.20. The van der Waals surface area contributed by atoms with Crippen LogP contribution < -0.4 is 10.1 Å². The molecule has 1 fully saturated rings. The third-order valence-electron chi connectivity index (χ3n) is 4.72. The number of piperidine rings is 1. The zero-order valence-electron chi connectivity index (χ0n) is 15.2. The van der Waals surface area contributed by atoms with Gasteiger partial charge in [0, 0.05) is 19.1 Å². The molecule has 0 aromatic heterocycles. The van der Waals surface area contributed by atoms with E-state index in [2.05, 4.69) is 5.32 Å². The molecule has 1 aliphatic rings. The van der Waals surface area contributed by atoms with Gasteiger partial charge in [-0.15, -0.1) is 0 Å². The van der Waals surface area contributed by atoms with Crippen LogP contribution in [0.1, 0.15) is 37.3 Å². The maximum atomic E-state index is 12.1. The Morgan fingerprint density at radius 2 is 1.96 bits per heavy atom. The van der Waals surface area contributed by atoms with Crippen molar-refractivity contribution in [3.8, 4) is 5.75 Å². The van der Waals surface area contributed by atoms with E-state index in [-0.39, 0.29) is 17.7 Å². The molecule has 1 N–H and O–H groups in total. The van der Waals surface area contributed by atoms with Gasteiger partial charge in [-0.1, -0.05) is 12.1 Å². The summed E-state index contributed by atoms with van der Waals surface area (Å²) >= 11 is 0. The van der Waals surface area contributed by atoms with Crippen LogP contribution >= 0.6 is 0 Å². The predicted octanol–water partition coefficient (Wildman–Crippen LogP) is 2.00. The van der Waals surface area contributed by atoms with E-state index in [4.69, 9.17) is 4.74 Å². The number of rotatable bonds is 7. The molecule has 1 aliphatic heterocycles. The molecular formula is C18H28N2O4S. The summed E-state index contributed by atoms with van der Waals surface area (Å²) in [5.41, 5.74) is 2.25. The molecule has 1 saturated heterocycles. The van der Waals surface area contributed by atoms with Gasteiger partial charge >= 0.3 is 0 Å². The van der Waals surface area contributed by atoms with Crippen molar-refractivity contribution in [1.29, 1.82) is 0 Å². The van der Waals surface area contributed by atoms with Crippen LogP contribution in [-0.4, -0.2) is 50.1 Å². The lowest BCUT2D eigenvalue weighted by Gasteiger charge is -2.31. The monoisotopic (exact) mass is 368 g/mol. The molecule has 1 aromatic rings. The van der Waals surface area contributed by atoms with Gasteiger partial charge in [0.25, 0.3) is 0 Å². The number of aryl methyl sites for hydroxylation is 1. The molecule has 0 bridgehead atoms. The summed E-state index contributed by atoms with van der Waals surface area (Å²) in [5.74, 6) is 0.882. The van der Waals surface area contributed by atoms with Crippen molar-refractivity contribution in [2.24, 2.45) is 0 Å². The van der Waals surface area contributed by atoms with Gasteiger partial charge in [0.1, 0.15) is 5.75 Å². The van der Waals surface area contributed by atoms with Gasteiger partial charge in [-0.25, -0.2) is 12.7 Å². The average Bonchev–Trinajstić information content (AvgIpc) is 2.59. The number of nitrogens with one attached hydrogen (secondary N) is 1. The van der Waals surface area contributed by atoms with Crippen LogP contribution in [0.3, 0.4) is 0 Å². The zero-order valence-corrected chi connectivity index (χ0v) is 16.1. The molecule has 0 radical (unpaired) electrons. The molecule has 1 amide bonds. The van der Waals surface area contributed by atoms with Gasteiger partial charge in [0.15, 0.2) is 0 Å². The van der Waals surface area contributed by atoms with Crippen molar-refractivity contribution < 1.29 is 17.9 Å². The standard InChI is InChI=1S/C18H28N2O4S/c1-4-25(22,23)20-11-8-16(9-12-20)19-18(21)10-13-24-17-7-5-6-14(2)15(17)3/h5-7,16H,4,8-13H2,1-3H3,(H,19,21). The Kier molecular flexibility index (Phi) is 6.84. The molecule has 0 saturated carbocycles. The van der Waals surface area contributed by atoms with E-state index in [0.717, 1.165) is 16.9 Å². The van der Waals surface area contributed by atoms with Crippen LogP contribution in [0.25, 0.3) is 0 Å². The Balaban J connectivity index is 1.72. The number of hydrogen-bond donors (Lipinski definition) is 1. The Morgan fingerprint density at radius 3 is 2.60 bits per heavy atom. The second kappa shape index (κ2) is 8.67. The first-order chi connectivity index (χ1) is 11.8. The highest BCUT2D eigenvalue weighted by Gasteiger charge is 2.27. The summed E-state index contributed by atoms with van der Waals surface area (Å²) in [4.78, 5) is 12.1. The maximum absolute atomic E-state index is 12.1. The Labute approximate surface area is 150 Å². The lowest BCUT2D eigenvalue weighted by atomic mass is 10.1. The molecule has 2 rings (SSSR count). The highest BCUT2D eigenvalue weighted by atomic mass is 32.2. The van der Waals surface area contributed by atoms with Crippen molar-refractivity contribution in [2.45, 2.75) is 46.1 Å². The molecule has 1 heterocycles. The average molecular weight is 368 g/mol. The fraction of sp³-hybridized carbons (Fsp3) is 0.611. The number of carbonyl (C=O) groups is 1. The van der Waals surface area contributed by atoms with E-state index in [0.29, 0.717) is 39.0 Å². The molecule has 140 valence electrons. The normalized spacial score (nSPS) is 16.6. The summed E-state index contributed by atoms with van der Waals surface area (Å²) in [6, 6.07) is 5.91. The number of carbonyl (C=O) groups excluding carboxylic acids is 1. The summed E-state index contributed by atoms with van der Waals surface area (Å²) < 4.78 is 30.9. The van der Waals surface area contributed by atoms with Crippen LogP contribution in [0, 0.1) is 13.8 Å².